The van der Waals surface area contributed by atoms with Gasteiger partial charge in [0.05, 0.1) is 6.07 Å². The lowest BCUT2D eigenvalue weighted by molar-refractivity contribution is 0.305. The van der Waals surface area contributed by atoms with Crippen molar-refractivity contribution in [3.63, 3.8) is 0 Å². The van der Waals surface area contributed by atoms with E-state index < -0.39 is 0 Å². The van der Waals surface area contributed by atoms with E-state index in [2.05, 4.69) is 17.5 Å². The Labute approximate surface area is 105 Å². The van der Waals surface area contributed by atoms with Crippen LogP contribution >= 0.6 is 0 Å². The van der Waals surface area contributed by atoms with Crippen molar-refractivity contribution >= 4 is 0 Å². The Morgan fingerprint density at radius 3 is 2.94 bits per heavy atom. The van der Waals surface area contributed by atoms with Gasteiger partial charge in [-0.25, -0.2) is 0 Å². The Hall–Kier alpha value is -1.23. The highest BCUT2D eigenvalue weighted by molar-refractivity contribution is 5.27. The van der Waals surface area contributed by atoms with Crippen molar-refractivity contribution < 1.29 is 0 Å². The number of nitrogens with zero attached hydrogens (tertiary/aromatic N) is 2. The van der Waals surface area contributed by atoms with Crippen LogP contribution in [0, 0.1) is 11.3 Å². The average molecular weight is 230 g/mol. The molecular formula is C15H22N2. The minimum atomic E-state index is 0.127. The van der Waals surface area contributed by atoms with Gasteiger partial charge in [-0.3, -0.25) is 0 Å². The summed E-state index contributed by atoms with van der Waals surface area (Å²) in [4.78, 5) is 2.39. The summed E-state index contributed by atoms with van der Waals surface area (Å²) in [6, 6.07) is 2.60. The molecule has 2 rings (SSSR count). The fourth-order valence-corrected chi connectivity index (χ4v) is 3.03. The maximum absolute atomic E-state index is 9.25. The molecule has 0 aromatic carbocycles. The summed E-state index contributed by atoms with van der Waals surface area (Å²) >= 11 is 0. The molecule has 0 saturated heterocycles. The number of hydrogen-bond donors (Lipinski definition) is 0. The van der Waals surface area contributed by atoms with Crippen molar-refractivity contribution in [3.05, 3.63) is 23.9 Å². The van der Waals surface area contributed by atoms with E-state index in [0.717, 1.165) is 19.4 Å². The molecule has 0 aromatic rings. The van der Waals surface area contributed by atoms with E-state index in [1.807, 2.05) is 6.08 Å². The largest absolute Gasteiger partial charge is 0.359 e. The first kappa shape index (κ1) is 12.2. The molecule has 2 heteroatoms. The summed E-state index contributed by atoms with van der Waals surface area (Å²) in [5.74, 6) is 0. The zero-order valence-corrected chi connectivity index (χ0v) is 10.6. The minimum absolute atomic E-state index is 0.127. The van der Waals surface area contributed by atoms with E-state index >= 15 is 0 Å². The van der Waals surface area contributed by atoms with Gasteiger partial charge < -0.3 is 4.90 Å². The Kier molecular flexibility index (Phi) is 4.25. The molecule has 1 heterocycles. The van der Waals surface area contributed by atoms with Crippen LogP contribution in [0.5, 0.6) is 0 Å². The Bertz CT molecular complexity index is 348. The van der Waals surface area contributed by atoms with Crippen molar-refractivity contribution in [2.24, 2.45) is 0 Å². The second kappa shape index (κ2) is 5.91. The minimum Gasteiger partial charge on any atom is -0.359 e. The molecule has 17 heavy (non-hydrogen) atoms. The molecule has 0 spiro atoms. The van der Waals surface area contributed by atoms with Gasteiger partial charge in [0.25, 0.3) is 0 Å². The van der Waals surface area contributed by atoms with Crippen molar-refractivity contribution in [1.82, 2.24) is 4.90 Å². The van der Waals surface area contributed by atoms with E-state index in [1.54, 1.807) is 5.57 Å². The molecule has 0 saturated carbocycles. The fourth-order valence-electron chi connectivity index (χ4n) is 3.03. The molecule has 0 bridgehead atoms. The average Bonchev–Trinajstić information content (AvgIpc) is 2.73. The second-order valence-electron chi connectivity index (χ2n) is 5.08. The summed E-state index contributed by atoms with van der Waals surface area (Å²) in [7, 11) is 0. The van der Waals surface area contributed by atoms with Gasteiger partial charge in [-0.2, -0.15) is 5.26 Å². The maximum atomic E-state index is 9.25. The molecule has 0 fully saturated rings. The molecule has 1 aliphatic heterocycles. The normalized spacial score (nSPS) is 23.5. The Morgan fingerprint density at radius 2 is 2.18 bits per heavy atom. The molecule has 0 amide bonds. The molecule has 2 nitrogen and oxygen atoms in total. The van der Waals surface area contributed by atoms with Gasteiger partial charge in [-0.15, -0.1) is 6.58 Å². The van der Waals surface area contributed by atoms with Crippen LogP contribution < -0.4 is 0 Å². The van der Waals surface area contributed by atoms with Gasteiger partial charge in [0.15, 0.2) is 0 Å². The van der Waals surface area contributed by atoms with Crippen LogP contribution in [0.3, 0.4) is 0 Å². The smallest absolute Gasteiger partial charge is 0.120 e. The lowest BCUT2D eigenvalue weighted by atomic mass is 9.96. The number of nitriles is 1. The summed E-state index contributed by atoms with van der Waals surface area (Å²) in [6.07, 6.45) is 11.5. The highest BCUT2D eigenvalue weighted by Gasteiger charge is 2.31. The van der Waals surface area contributed by atoms with Crippen LogP contribution in [0.2, 0.25) is 0 Å². The lowest BCUT2D eigenvalue weighted by Crippen LogP contribution is -2.30. The molecule has 1 aliphatic carbocycles. The molecule has 0 aromatic heterocycles. The zero-order valence-electron chi connectivity index (χ0n) is 10.6. The van der Waals surface area contributed by atoms with Crippen molar-refractivity contribution in [3.8, 4) is 6.07 Å². The van der Waals surface area contributed by atoms with E-state index in [4.69, 9.17) is 0 Å². The summed E-state index contributed by atoms with van der Waals surface area (Å²) < 4.78 is 0. The number of rotatable bonds is 5. The first-order valence-electron chi connectivity index (χ1n) is 6.85. The SMILES string of the molecule is C=CCCCCN1C2=C(CCCC2)CC1C#N. The van der Waals surface area contributed by atoms with E-state index in [-0.39, 0.29) is 6.04 Å². The predicted octanol–water partition coefficient (Wildman–Crippen LogP) is 3.77. The van der Waals surface area contributed by atoms with Crippen LogP contribution in [0.15, 0.2) is 23.9 Å². The first-order valence-corrected chi connectivity index (χ1v) is 6.85. The quantitative estimate of drug-likeness (QED) is 0.531. The molecule has 1 atom stereocenters. The van der Waals surface area contributed by atoms with Crippen LogP contribution in [-0.4, -0.2) is 17.5 Å². The van der Waals surface area contributed by atoms with E-state index in [9.17, 15) is 5.26 Å². The second-order valence-corrected chi connectivity index (χ2v) is 5.08. The van der Waals surface area contributed by atoms with Gasteiger partial charge in [0.2, 0.25) is 0 Å². The van der Waals surface area contributed by atoms with Crippen molar-refractivity contribution in [1.29, 1.82) is 5.26 Å². The molecular weight excluding hydrogens is 208 g/mol. The highest BCUT2D eigenvalue weighted by Crippen LogP contribution is 2.38. The van der Waals surface area contributed by atoms with E-state index in [1.165, 1.54) is 44.2 Å². The predicted molar refractivity (Wildman–Crippen MR) is 70.3 cm³/mol. The fraction of sp³-hybridized carbons (Fsp3) is 0.667. The van der Waals surface area contributed by atoms with Crippen molar-refractivity contribution in [2.75, 3.05) is 6.54 Å². The number of allylic oxidation sites excluding steroid dienone is 2. The Balaban J connectivity index is 1.94. The van der Waals surface area contributed by atoms with Crippen LogP contribution in [-0.2, 0) is 0 Å². The third-order valence-electron chi connectivity index (χ3n) is 3.92. The van der Waals surface area contributed by atoms with Crippen LogP contribution in [0.1, 0.15) is 51.4 Å². The molecule has 2 aliphatic rings. The number of hydrogen-bond acceptors (Lipinski definition) is 2. The van der Waals surface area contributed by atoms with Crippen LogP contribution in [0.4, 0.5) is 0 Å². The Morgan fingerprint density at radius 1 is 1.35 bits per heavy atom. The van der Waals surface area contributed by atoms with Crippen LogP contribution in [0.25, 0.3) is 0 Å². The topological polar surface area (TPSA) is 27.0 Å². The monoisotopic (exact) mass is 230 g/mol. The molecule has 0 radical (unpaired) electrons. The summed E-state index contributed by atoms with van der Waals surface area (Å²) in [5, 5.41) is 9.25. The molecule has 1 unspecified atom stereocenters. The molecule has 92 valence electrons. The third kappa shape index (κ3) is 2.72. The standard InChI is InChI=1S/C15H22N2/c1-2-3-4-7-10-17-14(12-16)11-13-8-5-6-9-15(13)17/h2,14H,1,3-11H2. The van der Waals surface area contributed by atoms with E-state index in [0.29, 0.717) is 0 Å². The summed E-state index contributed by atoms with van der Waals surface area (Å²) in [5.41, 5.74) is 3.09. The first-order chi connectivity index (χ1) is 8.36. The van der Waals surface area contributed by atoms with Crippen molar-refractivity contribution in [2.45, 2.75) is 57.4 Å². The van der Waals surface area contributed by atoms with Gasteiger partial charge in [0.1, 0.15) is 6.04 Å². The van der Waals surface area contributed by atoms with Gasteiger partial charge in [-0.1, -0.05) is 6.08 Å². The lowest BCUT2D eigenvalue weighted by Gasteiger charge is -2.27. The molecule has 0 N–H and O–H groups in total. The maximum Gasteiger partial charge on any atom is 0.120 e. The van der Waals surface area contributed by atoms with Gasteiger partial charge in [-0.05, 0) is 50.5 Å². The number of unbranched alkanes of at least 4 members (excludes halogenated alkanes) is 2. The van der Waals surface area contributed by atoms with Gasteiger partial charge in [0, 0.05) is 18.7 Å². The summed E-state index contributed by atoms with van der Waals surface area (Å²) in [6.45, 7) is 4.81. The van der Waals surface area contributed by atoms with Gasteiger partial charge >= 0.3 is 0 Å². The third-order valence-corrected chi connectivity index (χ3v) is 3.92. The zero-order chi connectivity index (χ0) is 12.1. The highest BCUT2D eigenvalue weighted by atomic mass is 15.2.